The summed E-state index contributed by atoms with van der Waals surface area (Å²) in [6.45, 7) is 2.26. The van der Waals surface area contributed by atoms with Crippen molar-refractivity contribution in [3.63, 3.8) is 0 Å². The molecule has 1 rings (SSSR count). The van der Waals surface area contributed by atoms with Crippen molar-refractivity contribution < 1.29 is 9.90 Å². The number of amides is 1. The highest BCUT2D eigenvalue weighted by molar-refractivity contribution is 9.10. The number of rotatable bonds is 5. The van der Waals surface area contributed by atoms with Gasteiger partial charge < -0.3 is 15.7 Å². The number of anilines is 1. The first kappa shape index (κ1) is 13.2. The van der Waals surface area contributed by atoms with Crippen LogP contribution in [0.25, 0.3) is 0 Å². The molecular formula is C11H15BrN2O2. The first-order valence-corrected chi connectivity index (χ1v) is 5.82. The summed E-state index contributed by atoms with van der Waals surface area (Å²) in [7, 11) is 0. The highest BCUT2D eigenvalue weighted by Gasteiger charge is 2.04. The summed E-state index contributed by atoms with van der Waals surface area (Å²) in [6.07, 6.45) is -0.448. The molecule has 0 saturated carbocycles. The lowest BCUT2D eigenvalue weighted by Gasteiger charge is -2.09. The Bertz CT molecular complexity index is 356. The first-order valence-electron chi connectivity index (χ1n) is 5.02. The standard InChI is InChI=1S/C11H15BrN2O2/c1-8(15)6-13-7-11(16)14-10-5-3-2-4-9(10)12/h2-5,8,13,15H,6-7H2,1H3,(H,14,16)/t8-/m0/s1. The number of hydrogen-bond donors (Lipinski definition) is 3. The number of para-hydroxylation sites is 1. The van der Waals surface area contributed by atoms with Crippen molar-refractivity contribution in [2.45, 2.75) is 13.0 Å². The highest BCUT2D eigenvalue weighted by Crippen LogP contribution is 2.20. The number of hydrogen-bond acceptors (Lipinski definition) is 3. The molecule has 0 aliphatic heterocycles. The Morgan fingerprint density at radius 1 is 1.50 bits per heavy atom. The van der Waals surface area contributed by atoms with Crippen molar-refractivity contribution in [1.82, 2.24) is 5.32 Å². The molecule has 0 aliphatic rings. The summed E-state index contributed by atoms with van der Waals surface area (Å²) in [5, 5.41) is 14.6. The van der Waals surface area contributed by atoms with E-state index < -0.39 is 6.10 Å². The summed E-state index contributed by atoms with van der Waals surface area (Å²) in [6, 6.07) is 7.41. The van der Waals surface area contributed by atoms with E-state index in [1.54, 1.807) is 6.92 Å². The Hall–Kier alpha value is -0.910. The van der Waals surface area contributed by atoms with Crippen LogP contribution in [0.4, 0.5) is 5.69 Å². The summed E-state index contributed by atoms with van der Waals surface area (Å²) in [5.41, 5.74) is 0.742. The molecule has 0 spiro atoms. The van der Waals surface area contributed by atoms with Crippen molar-refractivity contribution in [3.8, 4) is 0 Å². The minimum atomic E-state index is -0.448. The van der Waals surface area contributed by atoms with E-state index in [4.69, 9.17) is 5.11 Å². The van der Waals surface area contributed by atoms with Gasteiger partial charge in [-0.15, -0.1) is 0 Å². The number of aliphatic hydroxyl groups excluding tert-OH is 1. The molecule has 88 valence electrons. The van der Waals surface area contributed by atoms with E-state index in [1.165, 1.54) is 0 Å². The number of benzene rings is 1. The lowest BCUT2D eigenvalue weighted by Crippen LogP contribution is -2.32. The molecule has 0 aromatic heterocycles. The van der Waals surface area contributed by atoms with Crippen LogP contribution in [0, 0.1) is 0 Å². The number of carbonyl (C=O) groups excluding carboxylic acids is 1. The molecule has 3 N–H and O–H groups in total. The third-order valence-corrected chi connectivity index (χ3v) is 2.56. The summed E-state index contributed by atoms with van der Waals surface area (Å²) < 4.78 is 0.846. The fourth-order valence-electron chi connectivity index (χ4n) is 1.15. The summed E-state index contributed by atoms with van der Waals surface area (Å²) >= 11 is 3.34. The molecule has 1 aromatic rings. The van der Waals surface area contributed by atoms with Gasteiger partial charge in [0.2, 0.25) is 5.91 Å². The second-order valence-corrected chi connectivity index (χ2v) is 4.36. The Morgan fingerprint density at radius 2 is 2.19 bits per heavy atom. The van der Waals surface area contributed by atoms with Gasteiger partial charge in [-0.3, -0.25) is 4.79 Å². The number of nitrogens with one attached hydrogen (secondary N) is 2. The van der Waals surface area contributed by atoms with E-state index in [2.05, 4.69) is 26.6 Å². The van der Waals surface area contributed by atoms with Gasteiger partial charge in [-0.25, -0.2) is 0 Å². The average Bonchev–Trinajstić information content (AvgIpc) is 2.21. The Balaban J connectivity index is 2.37. The molecule has 1 atom stereocenters. The molecule has 0 saturated heterocycles. The summed E-state index contributed by atoms with van der Waals surface area (Å²) in [4.78, 5) is 11.5. The maximum Gasteiger partial charge on any atom is 0.238 e. The second kappa shape index (κ2) is 6.62. The quantitative estimate of drug-likeness (QED) is 0.766. The zero-order chi connectivity index (χ0) is 12.0. The van der Waals surface area contributed by atoms with E-state index in [0.29, 0.717) is 6.54 Å². The fourth-order valence-corrected chi connectivity index (χ4v) is 1.54. The van der Waals surface area contributed by atoms with Gasteiger partial charge in [0.05, 0.1) is 18.3 Å². The lowest BCUT2D eigenvalue weighted by molar-refractivity contribution is -0.115. The molecule has 0 radical (unpaired) electrons. The Morgan fingerprint density at radius 3 is 2.81 bits per heavy atom. The maximum absolute atomic E-state index is 11.5. The largest absolute Gasteiger partial charge is 0.392 e. The normalized spacial score (nSPS) is 12.2. The van der Waals surface area contributed by atoms with Crippen molar-refractivity contribution in [2.24, 2.45) is 0 Å². The van der Waals surface area contributed by atoms with Crippen molar-refractivity contribution in [1.29, 1.82) is 0 Å². The SMILES string of the molecule is C[C@H](O)CNCC(=O)Nc1ccccc1Br. The Kier molecular flexibility index (Phi) is 5.45. The average molecular weight is 287 g/mol. The van der Waals surface area contributed by atoms with Gasteiger partial charge in [-0.2, -0.15) is 0 Å². The van der Waals surface area contributed by atoms with Crippen molar-refractivity contribution >= 4 is 27.5 Å². The van der Waals surface area contributed by atoms with E-state index in [-0.39, 0.29) is 12.5 Å². The van der Waals surface area contributed by atoms with E-state index in [1.807, 2.05) is 24.3 Å². The van der Waals surface area contributed by atoms with Crippen molar-refractivity contribution in [2.75, 3.05) is 18.4 Å². The van der Waals surface area contributed by atoms with Crippen LogP contribution in [0.1, 0.15) is 6.92 Å². The van der Waals surface area contributed by atoms with Gasteiger partial charge in [0.15, 0.2) is 0 Å². The highest BCUT2D eigenvalue weighted by atomic mass is 79.9. The molecule has 5 heteroatoms. The molecular weight excluding hydrogens is 272 g/mol. The predicted molar refractivity (Wildman–Crippen MR) is 67.3 cm³/mol. The third kappa shape index (κ3) is 4.74. The molecule has 0 fully saturated rings. The van der Waals surface area contributed by atoms with Crippen LogP contribution in [-0.2, 0) is 4.79 Å². The first-order chi connectivity index (χ1) is 7.59. The smallest absolute Gasteiger partial charge is 0.238 e. The molecule has 1 amide bonds. The van der Waals surface area contributed by atoms with Gasteiger partial charge in [0, 0.05) is 11.0 Å². The van der Waals surface area contributed by atoms with Gasteiger partial charge in [-0.05, 0) is 35.0 Å². The molecule has 0 bridgehead atoms. The second-order valence-electron chi connectivity index (χ2n) is 3.51. The fraction of sp³-hybridized carbons (Fsp3) is 0.364. The van der Waals surface area contributed by atoms with Gasteiger partial charge in [-0.1, -0.05) is 12.1 Å². The van der Waals surface area contributed by atoms with E-state index in [9.17, 15) is 4.79 Å². The van der Waals surface area contributed by atoms with Crippen LogP contribution in [-0.4, -0.2) is 30.2 Å². The van der Waals surface area contributed by atoms with Crippen LogP contribution in [0.5, 0.6) is 0 Å². The predicted octanol–water partition coefficient (Wildman–Crippen LogP) is 1.36. The number of aliphatic hydroxyl groups is 1. The zero-order valence-corrected chi connectivity index (χ0v) is 10.6. The minimum Gasteiger partial charge on any atom is -0.392 e. The van der Waals surface area contributed by atoms with Gasteiger partial charge in [0.1, 0.15) is 0 Å². The minimum absolute atomic E-state index is 0.132. The van der Waals surface area contributed by atoms with Crippen LogP contribution in [0.15, 0.2) is 28.7 Å². The maximum atomic E-state index is 11.5. The van der Waals surface area contributed by atoms with Crippen LogP contribution < -0.4 is 10.6 Å². The molecule has 0 unspecified atom stereocenters. The molecule has 16 heavy (non-hydrogen) atoms. The van der Waals surface area contributed by atoms with Gasteiger partial charge >= 0.3 is 0 Å². The van der Waals surface area contributed by atoms with E-state index >= 15 is 0 Å². The molecule has 1 aromatic carbocycles. The van der Waals surface area contributed by atoms with Crippen molar-refractivity contribution in [3.05, 3.63) is 28.7 Å². The van der Waals surface area contributed by atoms with Crippen LogP contribution in [0.2, 0.25) is 0 Å². The Labute approximate surface area is 103 Å². The third-order valence-electron chi connectivity index (χ3n) is 1.87. The summed E-state index contributed by atoms with van der Waals surface area (Å²) in [5.74, 6) is -0.132. The molecule has 0 aliphatic carbocycles. The number of carbonyl (C=O) groups is 1. The number of halogens is 1. The van der Waals surface area contributed by atoms with Crippen LogP contribution in [0.3, 0.4) is 0 Å². The lowest BCUT2D eigenvalue weighted by atomic mass is 10.3. The monoisotopic (exact) mass is 286 g/mol. The van der Waals surface area contributed by atoms with Gasteiger partial charge in [0.25, 0.3) is 0 Å². The van der Waals surface area contributed by atoms with E-state index in [0.717, 1.165) is 10.2 Å². The molecule has 0 heterocycles. The molecule has 4 nitrogen and oxygen atoms in total. The topological polar surface area (TPSA) is 61.4 Å². The zero-order valence-electron chi connectivity index (χ0n) is 9.03. The van der Waals surface area contributed by atoms with Crippen LogP contribution >= 0.6 is 15.9 Å².